The maximum Gasteiger partial charge on any atom is 0.323 e. The van der Waals surface area contributed by atoms with Gasteiger partial charge in [-0.15, -0.1) is 0 Å². The van der Waals surface area contributed by atoms with Crippen LogP contribution in [-0.4, -0.2) is 39.4 Å². The molecule has 0 spiro atoms. The summed E-state index contributed by atoms with van der Waals surface area (Å²) < 4.78 is 0. The second-order valence-electron chi connectivity index (χ2n) is 3.56. The summed E-state index contributed by atoms with van der Waals surface area (Å²) in [6, 6.07) is 5.31. The fraction of sp³-hybridized carbons (Fsp3) is 0.300. The molecule has 6 nitrogen and oxygen atoms in total. The zero-order chi connectivity index (χ0) is 11.5. The molecular formula is C10H13N3O3. The zero-order valence-corrected chi connectivity index (χ0v) is 8.53. The largest absolute Gasteiger partial charge is 0.394 e. The van der Waals surface area contributed by atoms with Gasteiger partial charge in [-0.1, -0.05) is 0 Å². The van der Waals surface area contributed by atoms with E-state index in [0.717, 1.165) is 11.2 Å². The Balaban J connectivity index is 2.16. The zero-order valence-electron chi connectivity index (χ0n) is 8.53. The molecule has 1 aromatic carbocycles. The van der Waals surface area contributed by atoms with E-state index in [1.54, 1.807) is 18.2 Å². The maximum absolute atomic E-state index is 11.0. The van der Waals surface area contributed by atoms with E-state index < -0.39 is 6.10 Å². The van der Waals surface area contributed by atoms with Gasteiger partial charge >= 0.3 is 5.69 Å². The van der Waals surface area contributed by atoms with Gasteiger partial charge in [0.05, 0.1) is 23.7 Å². The van der Waals surface area contributed by atoms with Crippen LogP contribution in [-0.2, 0) is 0 Å². The molecule has 1 unspecified atom stereocenters. The van der Waals surface area contributed by atoms with Crippen LogP contribution in [0.4, 0.5) is 5.69 Å². The normalized spacial score (nSPS) is 12.9. The monoisotopic (exact) mass is 223 g/mol. The van der Waals surface area contributed by atoms with Crippen molar-refractivity contribution in [3.05, 3.63) is 28.7 Å². The van der Waals surface area contributed by atoms with E-state index in [4.69, 9.17) is 10.2 Å². The molecule has 0 fully saturated rings. The molecule has 1 heterocycles. The molecule has 0 saturated carbocycles. The highest BCUT2D eigenvalue weighted by Crippen LogP contribution is 2.14. The Morgan fingerprint density at radius 1 is 1.31 bits per heavy atom. The summed E-state index contributed by atoms with van der Waals surface area (Å²) in [5.74, 6) is 0. The fourth-order valence-electron chi connectivity index (χ4n) is 1.44. The van der Waals surface area contributed by atoms with Gasteiger partial charge in [-0.3, -0.25) is 0 Å². The Morgan fingerprint density at radius 2 is 2.06 bits per heavy atom. The van der Waals surface area contributed by atoms with Crippen molar-refractivity contribution < 1.29 is 10.2 Å². The van der Waals surface area contributed by atoms with Gasteiger partial charge in [-0.2, -0.15) is 0 Å². The first-order chi connectivity index (χ1) is 7.69. The minimum absolute atomic E-state index is 0.248. The minimum atomic E-state index is -0.791. The lowest BCUT2D eigenvalue weighted by Gasteiger charge is -2.09. The number of nitrogens with one attached hydrogen (secondary N) is 3. The molecule has 0 saturated heterocycles. The van der Waals surface area contributed by atoms with E-state index in [2.05, 4.69) is 15.3 Å². The molecule has 5 N–H and O–H groups in total. The van der Waals surface area contributed by atoms with Crippen molar-refractivity contribution in [2.75, 3.05) is 18.5 Å². The van der Waals surface area contributed by atoms with Crippen LogP contribution in [0.1, 0.15) is 0 Å². The lowest BCUT2D eigenvalue weighted by atomic mass is 10.2. The molecule has 0 aliphatic heterocycles. The molecular weight excluding hydrogens is 210 g/mol. The van der Waals surface area contributed by atoms with Crippen LogP contribution in [0.15, 0.2) is 23.0 Å². The van der Waals surface area contributed by atoms with Crippen molar-refractivity contribution in [1.82, 2.24) is 9.97 Å². The number of hydrogen-bond acceptors (Lipinski definition) is 4. The van der Waals surface area contributed by atoms with Crippen LogP contribution in [0.25, 0.3) is 11.0 Å². The van der Waals surface area contributed by atoms with Crippen molar-refractivity contribution in [3.8, 4) is 0 Å². The first-order valence-electron chi connectivity index (χ1n) is 4.94. The topological polar surface area (TPSA) is 101 Å². The first-order valence-corrected chi connectivity index (χ1v) is 4.94. The second-order valence-corrected chi connectivity index (χ2v) is 3.56. The number of aliphatic hydroxyl groups excluding tert-OH is 2. The summed E-state index contributed by atoms with van der Waals surface area (Å²) in [6.45, 7) is -0.0209. The summed E-state index contributed by atoms with van der Waals surface area (Å²) in [4.78, 5) is 16.3. The third-order valence-corrected chi connectivity index (χ3v) is 2.27. The highest BCUT2D eigenvalue weighted by atomic mass is 16.3. The molecule has 2 aromatic rings. The van der Waals surface area contributed by atoms with Gasteiger partial charge in [0.25, 0.3) is 0 Å². The molecule has 0 bridgehead atoms. The lowest BCUT2D eigenvalue weighted by Crippen LogP contribution is -2.22. The van der Waals surface area contributed by atoms with Gasteiger partial charge in [0, 0.05) is 12.2 Å². The Labute approximate surface area is 90.9 Å². The first kappa shape index (κ1) is 10.7. The number of hydrogen-bond donors (Lipinski definition) is 5. The van der Waals surface area contributed by atoms with E-state index in [1.165, 1.54) is 0 Å². The van der Waals surface area contributed by atoms with Crippen molar-refractivity contribution in [1.29, 1.82) is 0 Å². The van der Waals surface area contributed by atoms with E-state index >= 15 is 0 Å². The molecule has 0 radical (unpaired) electrons. The smallest absolute Gasteiger partial charge is 0.323 e. The van der Waals surface area contributed by atoms with E-state index in [1.807, 2.05) is 0 Å². The van der Waals surface area contributed by atoms with Gasteiger partial charge in [0.1, 0.15) is 0 Å². The van der Waals surface area contributed by atoms with Crippen LogP contribution in [0.5, 0.6) is 0 Å². The molecule has 0 aliphatic rings. The third kappa shape index (κ3) is 2.23. The predicted molar refractivity (Wildman–Crippen MR) is 60.5 cm³/mol. The van der Waals surface area contributed by atoms with Crippen LogP contribution < -0.4 is 11.0 Å². The molecule has 86 valence electrons. The third-order valence-electron chi connectivity index (χ3n) is 2.27. The van der Waals surface area contributed by atoms with Crippen molar-refractivity contribution >= 4 is 16.7 Å². The van der Waals surface area contributed by atoms with Gasteiger partial charge in [0.2, 0.25) is 0 Å². The molecule has 1 atom stereocenters. The van der Waals surface area contributed by atoms with E-state index in [0.29, 0.717) is 5.52 Å². The number of fused-ring (bicyclic) bond motifs is 1. The van der Waals surface area contributed by atoms with Crippen molar-refractivity contribution in [3.63, 3.8) is 0 Å². The van der Waals surface area contributed by atoms with Crippen LogP contribution in [0.2, 0.25) is 0 Å². The van der Waals surface area contributed by atoms with Gasteiger partial charge in [0.15, 0.2) is 0 Å². The molecule has 0 amide bonds. The maximum atomic E-state index is 11.0. The van der Waals surface area contributed by atoms with Crippen molar-refractivity contribution in [2.45, 2.75) is 6.10 Å². The average Bonchev–Trinajstić information content (AvgIpc) is 2.65. The molecule has 0 aliphatic carbocycles. The van der Waals surface area contributed by atoms with Gasteiger partial charge < -0.3 is 25.5 Å². The Kier molecular flexibility index (Phi) is 2.93. The number of anilines is 1. The van der Waals surface area contributed by atoms with Gasteiger partial charge in [-0.05, 0) is 18.2 Å². The number of aromatic nitrogens is 2. The van der Waals surface area contributed by atoms with Gasteiger partial charge in [-0.25, -0.2) is 4.79 Å². The van der Waals surface area contributed by atoms with Crippen molar-refractivity contribution in [2.24, 2.45) is 0 Å². The summed E-state index contributed by atoms with van der Waals surface area (Å²) in [7, 11) is 0. The summed E-state index contributed by atoms with van der Waals surface area (Å²) in [5, 5.41) is 20.8. The summed E-state index contributed by atoms with van der Waals surface area (Å²) >= 11 is 0. The highest BCUT2D eigenvalue weighted by Gasteiger charge is 2.03. The Bertz CT molecular complexity index is 531. The second kappa shape index (κ2) is 4.38. The number of imidazole rings is 1. The van der Waals surface area contributed by atoms with Crippen LogP contribution in [0.3, 0.4) is 0 Å². The molecule has 2 rings (SSSR count). The minimum Gasteiger partial charge on any atom is -0.394 e. The standard InChI is InChI=1S/C10H13N3O3/c14-5-7(15)4-11-6-1-2-8-9(3-6)13-10(16)12-8/h1-3,7,11,14-15H,4-5H2,(H2,12,13,16). The quantitative estimate of drug-likeness (QED) is 0.487. The molecule has 16 heavy (non-hydrogen) atoms. The van der Waals surface area contributed by atoms with Crippen LogP contribution in [0, 0.1) is 0 Å². The number of aliphatic hydroxyl groups is 2. The number of H-pyrrole nitrogens is 2. The summed E-state index contributed by atoms with van der Waals surface area (Å²) in [6.07, 6.45) is -0.791. The highest BCUT2D eigenvalue weighted by molar-refractivity contribution is 5.78. The number of aromatic amines is 2. The lowest BCUT2D eigenvalue weighted by molar-refractivity contribution is 0.105. The van der Waals surface area contributed by atoms with Crippen LogP contribution >= 0.6 is 0 Å². The molecule has 1 aromatic heterocycles. The fourth-order valence-corrected chi connectivity index (χ4v) is 1.44. The Morgan fingerprint density at radius 3 is 2.81 bits per heavy atom. The SMILES string of the molecule is O=c1[nH]c2ccc(NCC(O)CO)cc2[nH]1. The van der Waals surface area contributed by atoms with E-state index in [9.17, 15) is 4.79 Å². The summed E-state index contributed by atoms with van der Waals surface area (Å²) in [5.41, 5.74) is 1.96. The molecule has 6 heteroatoms. The number of benzene rings is 1. The number of rotatable bonds is 4. The van der Waals surface area contributed by atoms with E-state index in [-0.39, 0.29) is 18.8 Å². The Hall–Kier alpha value is -1.79. The average molecular weight is 223 g/mol. The predicted octanol–water partition coefficient (Wildman–Crippen LogP) is -0.379.